The van der Waals surface area contributed by atoms with Gasteiger partial charge in [-0.3, -0.25) is 0 Å². The second-order valence-corrected chi connectivity index (χ2v) is 8.63. The molecule has 0 aromatic carbocycles. The quantitative estimate of drug-likeness (QED) is 0.466. The Kier molecular flexibility index (Phi) is 5.26. The molecule has 13 heavy (non-hydrogen) atoms. The maximum Gasteiger partial charge on any atom is 0.126 e. The van der Waals surface area contributed by atoms with E-state index in [9.17, 15) is 0 Å². The lowest BCUT2D eigenvalue weighted by Crippen LogP contribution is -2.48. The highest BCUT2D eigenvalue weighted by Gasteiger charge is 2.26. The molecule has 76 valence electrons. The van der Waals surface area contributed by atoms with Crippen LogP contribution in [-0.2, 0) is 0 Å². The van der Waals surface area contributed by atoms with E-state index in [2.05, 4.69) is 44.7 Å². The van der Waals surface area contributed by atoms with Gasteiger partial charge in [-0.05, 0) is 19.1 Å². The van der Waals surface area contributed by atoms with Crippen molar-refractivity contribution >= 4 is 8.24 Å². The first-order chi connectivity index (χ1) is 5.97. The molecule has 0 radical (unpaired) electrons. The first-order valence-electron chi connectivity index (χ1n) is 5.03. The fourth-order valence-corrected chi connectivity index (χ4v) is 5.01. The lowest BCUT2D eigenvalue weighted by atomic mass is 10.4. The third kappa shape index (κ3) is 3.92. The molecule has 0 aromatic heterocycles. The zero-order chi connectivity index (χ0) is 10.5. The third-order valence-electron chi connectivity index (χ3n) is 2.57. The average Bonchev–Trinajstić information content (AvgIpc) is 2.05. The second kappa shape index (κ2) is 5.40. The number of nitrogens with zero attached hydrogens (tertiary/aromatic N) is 1. The normalized spacial score (nSPS) is 11.8. The number of rotatable bonds is 6. The summed E-state index contributed by atoms with van der Waals surface area (Å²) in [5, 5.41) is 0. The molecule has 0 atom stereocenters. The molecule has 1 nitrogen and oxygen atoms in total. The van der Waals surface area contributed by atoms with Gasteiger partial charge in [0.1, 0.15) is 8.24 Å². The molecule has 0 saturated carbocycles. The van der Waals surface area contributed by atoms with Crippen LogP contribution in [0.3, 0.4) is 0 Å². The van der Waals surface area contributed by atoms with Crippen molar-refractivity contribution in [3.05, 3.63) is 24.8 Å². The summed E-state index contributed by atoms with van der Waals surface area (Å²) in [6.07, 6.45) is 1.89. The topological polar surface area (TPSA) is 3.24 Å². The molecular formula is C11H23NSi. The Hall–Kier alpha value is -0.343. The summed E-state index contributed by atoms with van der Waals surface area (Å²) < 4.78 is 2.58. The molecule has 0 aliphatic heterocycles. The fraction of sp³-hybridized carbons (Fsp3) is 0.636. The molecule has 0 amide bonds. The Balaban J connectivity index is 4.34. The summed E-state index contributed by atoms with van der Waals surface area (Å²) in [4.78, 5) is 0. The van der Waals surface area contributed by atoms with E-state index in [1.807, 2.05) is 6.08 Å². The predicted molar refractivity (Wildman–Crippen MR) is 64.5 cm³/mol. The monoisotopic (exact) mass is 197 g/mol. The van der Waals surface area contributed by atoms with Gasteiger partial charge in [-0.2, -0.15) is 0 Å². The van der Waals surface area contributed by atoms with Gasteiger partial charge in [-0.25, -0.2) is 0 Å². The highest BCUT2D eigenvalue weighted by atomic mass is 28.3. The van der Waals surface area contributed by atoms with Crippen LogP contribution in [-0.4, -0.2) is 25.9 Å². The zero-order valence-corrected chi connectivity index (χ0v) is 10.6. The van der Waals surface area contributed by atoms with Crippen molar-refractivity contribution in [1.82, 2.24) is 4.57 Å². The average molecular weight is 197 g/mol. The van der Waals surface area contributed by atoms with E-state index in [0.29, 0.717) is 0 Å². The molecule has 0 aromatic rings. The minimum atomic E-state index is -1.25. The maximum absolute atomic E-state index is 4.00. The Morgan fingerprint density at radius 2 is 1.77 bits per heavy atom. The van der Waals surface area contributed by atoms with Crippen LogP contribution in [0.25, 0.3) is 0 Å². The minimum absolute atomic E-state index is 1.14. The molecule has 0 aliphatic carbocycles. The van der Waals surface area contributed by atoms with Gasteiger partial charge in [0, 0.05) is 0 Å². The van der Waals surface area contributed by atoms with Gasteiger partial charge >= 0.3 is 0 Å². The number of hydrogen-bond donors (Lipinski definition) is 0. The fourth-order valence-electron chi connectivity index (χ4n) is 1.82. The molecule has 0 unspecified atom stereocenters. The smallest absolute Gasteiger partial charge is 0.126 e. The van der Waals surface area contributed by atoms with Crippen LogP contribution in [0.1, 0.15) is 13.8 Å². The van der Waals surface area contributed by atoms with Crippen molar-refractivity contribution in [3.63, 3.8) is 0 Å². The van der Waals surface area contributed by atoms with E-state index in [1.54, 1.807) is 0 Å². The van der Waals surface area contributed by atoms with E-state index in [4.69, 9.17) is 0 Å². The van der Waals surface area contributed by atoms with Gasteiger partial charge in [0.25, 0.3) is 0 Å². The molecular weight excluding hydrogens is 174 g/mol. The summed E-state index contributed by atoms with van der Waals surface area (Å²) in [7, 11) is -1.25. The molecule has 0 N–H and O–H groups in total. The van der Waals surface area contributed by atoms with Crippen LogP contribution in [0, 0.1) is 0 Å². The summed E-state index contributed by atoms with van der Waals surface area (Å²) in [5.74, 6) is 0. The Morgan fingerprint density at radius 1 is 1.31 bits per heavy atom. The number of allylic oxidation sites excluding steroid dienone is 2. The van der Waals surface area contributed by atoms with Gasteiger partial charge in [-0.1, -0.05) is 51.7 Å². The van der Waals surface area contributed by atoms with Crippen molar-refractivity contribution in [2.24, 2.45) is 0 Å². The summed E-state index contributed by atoms with van der Waals surface area (Å²) in [6.45, 7) is 19.3. The van der Waals surface area contributed by atoms with Crippen molar-refractivity contribution in [2.45, 2.75) is 33.0 Å². The standard InChI is InChI=1S/C11H23NSi/c1-7-11(4)10-13(5,6)12(8-2)9-3/h7H,1,4,8-10H2,2-3,5-6H3. The summed E-state index contributed by atoms with van der Waals surface area (Å²) in [5.41, 5.74) is 1.18. The molecule has 0 spiro atoms. The highest BCUT2D eigenvalue weighted by Crippen LogP contribution is 2.19. The van der Waals surface area contributed by atoms with E-state index in [-0.39, 0.29) is 0 Å². The first kappa shape index (κ1) is 12.7. The molecule has 0 saturated heterocycles. The van der Waals surface area contributed by atoms with E-state index in [0.717, 1.165) is 19.1 Å². The van der Waals surface area contributed by atoms with E-state index >= 15 is 0 Å². The molecule has 2 heteroatoms. The highest BCUT2D eigenvalue weighted by molar-refractivity contribution is 6.75. The summed E-state index contributed by atoms with van der Waals surface area (Å²) in [6, 6.07) is 1.14. The van der Waals surface area contributed by atoms with Crippen LogP contribution in [0.15, 0.2) is 24.8 Å². The molecule has 0 bridgehead atoms. The van der Waals surface area contributed by atoms with Gasteiger partial charge in [0.15, 0.2) is 0 Å². The Labute approximate surface area is 84.2 Å². The van der Waals surface area contributed by atoms with Crippen LogP contribution in [0.2, 0.25) is 19.1 Å². The molecule has 0 heterocycles. The first-order valence-corrected chi connectivity index (χ1v) is 8.18. The van der Waals surface area contributed by atoms with E-state index in [1.165, 1.54) is 5.57 Å². The minimum Gasteiger partial charge on any atom is -0.324 e. The van der Waals surface area contributed by atoms with Gasteiger partial charge in [0.2, 0.25) is 0 Å². The van der Waals surface area contributed by atoms with Crippen molar-refractivity contribution in [2.75, 3.05) is 13.1 Å². The lowest BCUT2D eigenvalue weighted by molar-refractivity contribution is 0.467. The summed E-state index contributed by atoms with van der Waals surface area (Å²) >= 11 is 0. The van der Waals surface area contributed by atoms with Crippen LogP contribution < -0.4 is 0 Å². The number of hydrogen-bond acceptors (Lipinski definition) is 1. The van der Waals surface area contributed by atoms with Gasteiger partial charge < -0.3 is 4.57 Å². The van der Waals surface area contributed by atoms with Gasteiger partial charge in [-0.15, -0.1) is 0 Å². The van der Waals surface area contributed by atoms with Gasteiger partial charge in [0.05, 0.1) is 0 Å². The van der Waals surface area contributed by atoms with Crippen molar-refractivity contribution < 1.29 is 0 Å². The largest absolute Gasteiger partial charge is 0.324 e. The SMILES string of the molecule is C=CC(=C)C[Si](C)(C)N(CC)CC. The Bertz CT molecular complexity index is 181. The zero-order valence-electron chi connectivity index (χ0n) is 9.56. The van der Waals surface area contributed by atoms with Crippen molar-refractivity contribution in [3.8, 4) is 0 Å². The predicted octanol–water partition coefficient (Wildman–Crippen LogP) is 3.28. The van der Waals surface area contributed by atoms with E-state index < -0.39 is 8.24 Å². The Morgan fingerprint density at radius 3 is 2.08 bits per heavy atom. The third-order valence-corrected chi connectivity index (χ3v) is 6.23. The molecule has 0 rings (SSSR count). The molecule has 0 aliphatic rings. The van der Waals surface area contributed by atoms with Crippen LogP contribution >= 0.6 is 0 Å². The maximum atomic E-state index is 4.00. The van der Waals surface area contributed by atoms with Crippen LogP contribution in [0.4, 0.5) is 0 Å². The molecule has 0 fully saturated rings. The van der Waals surface area contributed by atoms with Crippen LogP contribution in [0.5, 0.6) is 0 Å². The lowest BCUT2D eigenvalue weighted by Gasteiger charge is -2.35. The second-order valence-electron chi connectivity index (χ2n) is 4.02. The van der Waals surface area contributed by atoms with Crippen molar-refractivity contribution in [1.29, 1.82) is 0 Å².